The monoisotopic (exact) mass is 313 g/mol. The number of nitrogens with one attached hydrogen (secondary N) is 1. The maximum Gasteiger partial charge on any atom is 1.00 e. The predicted molar refractivity (Wildman–Crippen MR) is 56.8 cm³/mol. The molecule has 0 atom stereocenters. The van der Waals surface area contributed by atoms with Crippen LogP contribution in [0.1, 0.15) is 5.56 Å². The van der Waals surface area contributed by atoms with Crippen LogP contribution in [0, 0.1) is 0 Å². The normalized spacial score (nSPS) is 9.60. The molecule has 82 valence electrons. The summed E-state index contributed by atoms with van der Waals surface area (Å²) in [5.74, 6) is 1.22. The van der Waals surface area contributed by atoms with E-state index in [9.17, 15) is 0 Å². The maximum atomic E-state index is 5.41. The van der Waals surface area contributed by atoms with E-state index in [4.69, 9.17) is 5.73 Å². The van der Waals surface area contributed by atoms with Gasteiger partial charge in [-0.1, -0.05) is 42.1 Å². The summed E-state index contributed by atoms with van der Waals surface area (Å²) >= 11 is 1.56. The number of H-pyrrole nitrogens is 1. The Morgan fingerprint density at radius 1 is 1.27 bits per heavy atom. The van der Waals surface area contributed by atoms with E-state index in [0.29, 0.717) is 11.1 Å². The molecule has 15 heavy (non-hydrogen) atoms. The van der Waals surface area contributed by atoms with E-state index in [1.165, 1.54) is 5.56 Å². The van der Waals surface area contributed by atoms with Crippen molar-refractivity contribution < 1.29 is 22.4 Å². The SMILES string of the molecule is Nc1nc(SCc2ccccc2)n[nH]1.[Ag+]. The molecule has 1 aromatic heterocycles. The summed E-state index contributed by atoms with van der Waals surface area (Å²) in [6, 6.07) is 10.2. The molecule has 0 spiro atoms. The minimum atomic E-state index is 0. The molecule has 6 heteroatoms. The topological polar surface area (TPSA) is 67.6 Å². The molecule has 1 heterocycles. The van der Waals surface area contributed by atoms with Crippen molar-refractivity contribution in [1.29, 1.82) is 0 Å². The summed E-state index contributed by atoms with van der Waals surface area (Å²) in [6.45, 7) is 0. The fraction of sp³-hybridized carbons (Fsp3) is 0.111. The van der Waals surface area contributed by atoms with Crippen LogP contribution in [0.5, 0.6) is 0 Å². The minimum Gasteiger partial charge on any atom is -0.368 e. The van der Waals surface area contributed by atoms with Crippen molar-refractivity contribution in [3.63, 3.8) is 0 Å². The van der Waals surface area contributed by atoms with Crippen molar-refractivity contribution in [2.24, 2.45) is 0 Å². The largest absolute Gasteiger partial charge is 1.00 e. The molecule has 3 N–H and O–H groups in total. The number of thioether (sulfide) groups is 1. The van der Waals surface area contributed by atoms with E-state index in [-0.39, 0.29) is 22.4 Å². The zero-order valence-electron chi connectivity index (χ0n) is 7.78. The van der Waals surface area contributed by atoms with Crippen LogP contribution in [0.3, 0.4) is 0 Å². The molecule has 4 nitrogen and oxygen atoms in total. The number of aromatic nitrogens is 3. The average Bonchev–Trinajstić information content (AvgIpc) is 2.63. The van der Waals surface area contributed by atoms with Crippen molar-refractivity contribution in [3.8, 4) is 0 Å². The molecule has 0 aliphatic rings. The number of nitrogens with zero attached hydrogens (tertiary/aromatic N) is 2. The molecule has 0 aliphatic carbocycles. The molecule has 0 aliphatic heterocycles. The van der Waals surface area contributed by atoms with Gasteiger partial charge >= 0.3 is 22.4 Å². The van der Waals surface area contributed by atoms with Crippen molar-refractivity contribution in [2.45, 2.75) is 10.9 Å². The number of hydrogen-bond acceptors (Lipinski definition) is 4. The number of aromatic amines is 1. The van der Waals surface area contributed by atoms with Crippen LogP contribution in [0.15, 0.2) is 35.5 Å². The number of hydrogen-bond donors (Lipinski definition) is 2. The number of nitrogen functional groups attached to an aromatic ring is 1. The summed E-state index contributed by atoms with van der Waals surface area (Å²) in [5.41, 5.74) is 6.66. The van der Waals surface area contributed by atoms with Gasteiger partial charge in [0.25, 0.3) is 0 Å². The van der Waals surface area contributed by atoms with Crippen LogP contribution < -0.4 is 5.73 Å². The zero-order valence-corrected chi connectivity index (χ0v) is 10.1. The van der Waals surface area contributed by atoms with E-state index in [0.717, 1.165) is 5.75 Å². The quantitative estimate of drug-likeness (QED) is 0.668. The van der Waals surface area contributed by atoms with Crippen molar-refractivity contribution in [1.82, 2.24) is 15.2 Å². The van der Waals surface area contributed by atoms with Crippen LogP contribution in [-0.4, -0.2) is 15.2 Å². The molecule has 0 unspecified atom stereocenters. The van der Waals surface area contributed by atoms with Gasteiger partial charge in [0.15, 0.2) is 0 Å². The number of rotatable bonds is 3. The summed E-state index contributed by atoms with van der Waals surface area (Å²) in [6.07, 6.45) is 0. The van der Waals surface area contributed by atoms with Crippen molar-refractivity contribution in [2.75, 3.05) is 5.73 Å². The number of nitrogens with two attached hydrogens (primary N) is 1. The molecular formula is C9H10AgN4S+. The van der Waals surface area contributed by atoms with E-state index < -0.39 is 0 Å². The Kier molecular flexibility index (Phi) is 4.90. The van der Waals surface area contributed by atoms with Crippen LogP contribution >= 0.6 is 11.8 Å². The molecule has 0 radical (unpaired) electrons. The second-order valence-electron chi connectivity index (χ2n) is 2.78. The Morgan fingerprint density at radius 2 is 2.00 bits per heavy atom. The Bertz CT molecular complexity index is 404. The van der Waals surface area contributed by atoms with Gasteiger partial charge in [0, 0.05) is 5.75 Å². The fourth-order valence-corrected chi connectivity index (χ4v) is 1.81. The van der Waals surface area contributed by atoms with E-state index in [2.05, 4.69) is 27.3 Å². The average molecular weight is 314 g/mol. The molecule has 0 saturated carbocycles. The van der Waals surface area contributed by atoms with E-state index >= 15 is 0 Å². The fourth-order valence-electron chi connectivity index (χ4n) is 1.04. The van der Waals surface area contributed by atoms with Gasteiger partial charge in [0.05, 0.1) is 0 Å². The second kappa shape index (κ2) is 5.97. The molecule has 2 aromatic rings. The summed E-state index contributed by atoms with van der Waals surface area (Å²) in [4.78, 5) is 4.00. The van der Waals surface area contributed by atoms with Gasteiger partial charge in [-0.3, -0.25) is 0 Å². The van der Waals surface area contributed by atoms with Gasteiger partial charge in [0.2, 0.25) is 11.1 Å². The molecule has 0 amide bonds. The van der Waals surface area contributed by atoms with Crippen LogP contribution in [-0.2, 0) is 28.1 Å². The summed E-state index contributed by atoms with van der Waals surface area (Å²) in [5, 5.41) is 7.22. The standard InChI is InChI=1S/C9H10N4S.Ag/c10-8-11-9(13-12-8)14-6-7-4-2-1-3-5-7;/h1-5H,6H2,(H3,10,11,12,13);/q;+1. The van der Waals surface area contributed by atoms with Gasteiger partial charge in [-0.25, -0.2) is 5.10 Å². The smallest absolute Gasteiger partial charge is 0.368 e. The first-order chi connectivity index (χ1) is 6.84. The van der Waals surface area contributed by atoms with Crippen LogP contribution in [0.2, 0.25) is 0 Å². The third kappa shape index (κ3) is 3.71. The van der Waals surface area contributed by atoms with Gasteiger partial charge < -0.3 is 5.73 Å². The molecule has 0 saturated heterocycles. The third-order valence-corrected chi connectivity index (χ3v) is 2.61. The summed E-state index contributed by atoms with van der Waals surface area (Å²) in [7, 11) is 0. The van der Waals surface area contributed by atoms with Crippen LogP contribution in [0.4, 0.5) is 5.95 Å². The Labute approximate surface area is 108 Å². The first-order valence-electron chi connectivity index (χ1n) is 4.19. The molecule has 1 aromatic carbocycles. The number of anilines is 1. The van der Waals surface area contributed by atoms with E-state index in [1.54, 1.807) is 11.8 Å². The maximum absolute atomic E-state index is 5.41. The third-order valence-electron chi connectivity index (χ3n) is 1.69. The van der Waals surface area contributed by atoms with Crippen molar-refractivity contribution in [3.05, 3.63) is 35.9 Å². The minimum absolute atomic E-state index is 0. The molecule has 0 fully saturated rings. The Morgan fingerprint density at radius 3 is 2.60 bits per heavy atom. The molecule has 2 rings (SSSR count). The molecule has 0 bridgehead atoms. The predicted octanol–water partition coefficient (Wildman–Crippen LogP) is 1.68. The summed E-state index contributed by atoms with van der Waals surface area (Å²) < 4.78 is 0. The Hall–Kier alpha value is -0.750. The van der Waals surface area contributed by atoms with Gasteiger partial charge in [-0.15, -0.1) is 5.10 Å². The second-order valence-corrected chi connectivity index (χ2v) is 3.72. The first-order valence-corrected chi connectivity index (χ1v) is 5.18. The zero-order chi connectivity index (χ0) is 9.80. The number of benzene rings is 1. The van der Waals surface area contributed by atoms with Gasteiger partial charge in [0.1, 0.15) is 0 Å². The van der Waals surface area contributed by atoms with Crippen molar-refractivity contribution >= 4 is 17.7 Å². The van der Waals surface area contributed by atoms with Gasteiger partial charge in [-0.05, 0) is 5.56 Å². The Balaban J connectivity index is 0.00000112. The molecular weight excluding hydrogens is 304 g/mol. The van der Waals surface area contributed by atoms with E-state index in [1.807, 2.05) is 18.2 Å². The van der Waals surface area contributed by atoms with Gasteiger partial charge in [-0.2, -0.15) is 4.98 Å². The van der Waals surface area contributed by atoms with Crippen LogP contribution in [0.25, 0.3) is 0 Å². The first kappa shape index (κ1) is 12.3.